The zero-order chi connectivity index (χ0) is 14.5. The second kappa shape index (κ2) is 11.8. The topological polar surface area (TPSA) is 104 Å². The van der Waals surface area contributed by atoms with Crippen molar-refractivity contribution >= 4 is 11.9 Å². The number of rotatable bonds is 10. The second-order valence-electron chi connectivity index (χ2n) is 4.12. The lowest BCUT2D eigenvalue weighted by atomic mass is 10.1. The van der Waals surface area contributed by atoms with Crippen LogP contribution in [-0.4, -0.2) is 46.6 Å². The standard InChI is InChI=1S/C13H22O6/c14-9-7-5-3-1-2-4-6-8-12(17)19-13(18)11(16)10-15/h6,8,11,14-16H,1-5,7,9-10H2. The summed E-state index contributed by atoms with van der Waals surface area (Å²) in [5.74, 6) is -2.00. The van der Waals surface area contributed by atoms with E-state index in [9.17, 15) is 9.59 Å². The highest BCUT2D eigenvalue weighted by molar-refractivity contribution is 5.93. The van der Waals surface area contributed by atoms with Gasteiger partial charge in [-0.05, 0) is 19.3 Å². The fourth-order valence-corrected chi connectivity index (χ4v) is 1.36. The molecule has 0 bridgehead atoms. The van der Waals surface area contributed by atoms with Crippen LogP contribution in [0.3, 0.4) is 0 Å². The van der Waals surface area contributed by atoms with E-state index in [0.29, 0.717) is 6.42 Å². The number of aliphatic hydroxyl groups excluding tert-OH is 3. The summed E-state index contributed by atoms with van der Waals surface area (Å²) in [5, 5.41) is 25.9. The number of ether oxygens (including phenoxy) is 1. The maximum absolute atomic E-state index is 11.1. The van der Waals surface area contributed by atoms with Crippen LogP contribution in [0.5, 0.6) is 0 Å². The minimum atomic E-state index is -1.68. The Labute approximate surface area is 112 Å². The quantitative estimate of drug-likeness (QED) is 0.229. The van der Waals surface area contributed by atoms with Crippen molar-refractivity contribution in [1.29, 1.82) is 0 Å². The highest BCUT2D eigenvalue weighted by Gasteiger charge is 2.17. The van der Waals surface area contributed by atoms with Crippen LogP contribution in [0.15, 0.2) is 12.2 Å². The molecule has 0 aromatic rings. The molecule has 0 amide bonds. The molecule has 0 heterocycles. The molecule has 0 fully saturated rings. The number of hydrogen-bond donors (Lipinski definition) is 3. The van der Waals surface area contributed by atoms with Crippen LogP contribution in [0.1, 0.15) is 38.5 Å². The van der Waals surface area contributed by atoms with Crippen LogP contribution in [-0.2, 0) is 14.3 Å². The summed E-state index contributed by atoms with van der Waals surface area (Å²) in [6.45, 7) is -0.552. The molecule has 1 atom stereocenters. The zero-order valence-electron chi connectivity index (χ0n) is 11.0. The SMILES string of the molecule is O=C(C=CCCCCCCCO)OC(=O)C(O)CO. The lowest BCUT2D eigenvalue weighted by molar-refractivity contribution is -0.164. The third-order valence-corrected chi connectivity index (χ3v) is 2.43. The summed E-state index contributed by atoms with van der Waals surface area (Å²) in [6, 6.07) is 0. The molecule has 0 aromatic heterocycles. The van der Waals surface area contributed by atoms with Crippen molar-refractivity contribution < 1.29 is 29.6 Å². The van der Waals surface area contributed by atoms with Gasteiger partial charge in [0.15, 0.2) is 6.10 Å². The number of esters is 2. The third-order valence-electron chi connectivity index (χ3n) is 2.43. The Balaban J connectivity index is 3.60. The largest absolute Gasteiger partial charge is 0.396 e. The Bertz CT molecular complexity index is 287. The number of carbonyl (C=O) groups is 2. The minimum absolute atomic E-state index is 0.222. The molecule has 3 N–H and O–H groups in total. The zero-order valence-corrected chi connectivity index (χ0v) is 11.0. The summed E-state index contributed by atoms with van der Waals surface area (Å²) in [5.41, 5.74) is 0. The number of allylic oxidation sites excluding steroid dienone is 1. The van der Waals surface area contributed by atoms with E-state index in [2.05, 4.69) is 4.74 Å². The number of unbranched alkanes of at least 4 members (excludes halogenated alkanes) is 5. The minimum Gasteiger partial charge on any atom is -0.396 e. The predicted molar refractivity (Wildman–Crippen MR) is 68.1 cm³/mol. The summed E-state index contributed by atoms with van der Waals surface area (Å²) in [7, 11) is 0. The maximum atomic E-state index is 11.1. The van der Waals surface area contributed by atoms with Crippen LogP contribution in [0.2, 0.25) is 0 Å². The molecule has 6 nitrogen and oxygen atoms in total. The van der Waals surface area contributed by atoms with Gasteiger partial charge in [0.25, 0.3) is 0 Å². The first-order chi connectivity index (χ1) is 9.11. The van der Waals surface area contributed by atoms with Crippen molar-refractivity contribution in [1.82, 2.24) is 0 Å². The third kappa shape index (κ3) is 10.4. The van der Waals surface area contributed by atoms with Gasteiger partial charge in [-0.25, -0.2) is 9.59 Å². The van der Waals surface area contributed by atoms with Gasteiger partial charge < -0.3 is 20.1 Å². The van der Waals surface area contributed by atoms with Gasteiger partial charge in [0.1, 0.15) is 0 Å². The molecule has 0 aliphatic carbocycles. The highest BCUT2D eigenvalue weighted by atomic mass is 16.6. The molecule has 19 heavy (non-hydrogen) atoms. The second-order valence-corrected chi connectivity index (χ2v) is 4.12. The molecule has 0 radical (unpaired) electrons. The van der Waals surface area contributed by atoms with Crippen LogP contribution in [0, 0.1) is 0 Å². The maximum Gasteiger partial charge on any atom is 0.345 e. The molecule has 0 rings (SSSR count). The average molecular weight is 274 g/mol. The molecule has 0 saturated heterocycles. The summed E-state index contributed by atoms with van der Waals surface area (Å²) < 4.78 is 4.26. The van der Waals surface area contributed by atoms with Crippen molar-refractivity contribution in [2.45, 2.75) is 44.6 Å². The van der Waals surface area contributed by atoms with E-state index < -0.39 is 24.6 Å². The lowest BCUT2D eigenvalue weighted by Gasteiger charge is -2.03. The fraction of sp³-hybridized carbons (Fsp3) is 0.692. The van der Waals surface area contributed by atoms with Gasteiger partial charge in [0, 0.05) is 12.7 Å². The van der Waals surface area contributed by atoms with Crippen molar-refractivity contribution in [2.24, 2.45) is 0 Å². The molecule has 0 spiro atoms. The predicted octanol–water partition coefficient (Wildman–Crippen LogP) is 0.298. The van der Waals surface area contributed by atoms with Crippen LogP contribution < -0.4 is 0 Å². The van der Waals surface area contributed by atoms with E-state index in [1.807, 2.05) is 0 Å². The fourth-order valence-electron chi connectivity index (χ4n) is 1.36. The Morgan fingerprint density at radius 2 is 1.68 bits per heavy atom. The van der Waals surface area contributed by atoms with E-state index in [-0.39, 0.29) is 6.61 Å². The summed E-state index contributed by atoms with van der Waals surface area (Å²) in [6.07, 6.45) is 6.55. The summed E-state index contributed by atoms with van der Waals surface area (Å²) in [4.78, 5) is 22.0. The van der Waals surface area contributed by atoms with Gasteiger partial charge in [-0.15, -0.1) is 0 Å². The van der Waals surface area contributed by atoms with Gasteiger partial charge in [-0.3, -0.25) is 0 Å². The van der Waals surface area contributed by atoms with Gasteiger partial charge in [0.05, 0.1) is 6.61 Å². The van der Waals surface area contributed by atoms with Gasteiger partial charge >= 0.3 is 11.9 Å². The molecule has 0 aliphatic heterocycles. The van der Waals surface area contributed by atoms with Gasteiger partial charge in [-0.1, -0.05) is 25.3 Å². The molecule has 1 unspecified atom stereocenters. The molecule has 0 aromatic carbocycles. The molecule has 0 aliphatic rings. The van der Waals surface area contributed by atoms with Crippen molar-refractivity contribution in [3.8, 4) is 0 Å². The summed E-state index contributed by atoms with van der Waals surface area (Å²) >= 11 is 0. The lowest BCUT2D eigenvalue weighted by Crippen LogP contribution is -2.28. The Morgan fingerprint density at radius 3 is 2.32 bits per heavy atom. The van der Waals surface area contributed by atoms with Crippen molar-refractivity contribution in [3.63, 3.8) is 0 Å². The van der Waals surface area contributed by atoms with E-state index in [1.165, 1.54) is 0 Å². The first-order valence-corrected chi connectivity index (χ1v) is 6.43. The van der Waals surface area contributed by atoms with E-state index >= 15 is 0 Å². The smallest absolute Gasteiger partial charge is 0.345 e. The van der Waals surface area contributed by atoms with Crippen molar-refractivity contribution in [3.05, 3.63) is 12.2 Å². The number of aliphatic hydroxyl groups is 3. The van der Waals surface area contributed by atoms with Crippen LogP contribution in [0.4, 0.5) is 0 Å². The number of hydrogen-bond acceptors (Lipinski definition) is 6. The van der Waals surface area contributed by atoms with E-state index in [0.717, 1.165) is 38.2 Å². The molecule has 110 valence electrons. The normalized spacial score (nSPS) is 12.6. The van der Waals surface area contributed by atoms with Crippen LogP contribution in [0.25, 0.3) is 0 Å². The Hall–Kier alpha value is -1.24. The van der Waals surface area contributed by atoms with E-state index in [4.69, 9.17) is 15.3 Å². The highest BCUT2D eigenvalue weighted by Crippen LogP contribution is 2.05. The Kier molecular flexibility index (Phi) is 11.1. The van der Waals surface area contributed by atoms with Crippen molar-refractivity contribution in [2.75, 3.05) is 13.2 Å². The molecule has 6 heteroatoms. The van der Waals surface area contributed by atoms with Gasteiger partial charge in [0.2, 0.25) is 0 Å². The first kappa shape index (κ1) is 17.8. The number of carbonyl (C=O) groups excluding carboxylic acids is 2. The average Bonchev–Trinajstić information content (AvgIpc) is 2.40. The van der Waals surface area contributed by atoms with Gasteiger partial charge in [-0.2, -0.15) is 0 Å². The van der Waals surface area contributed by atoms with E-state index in [1.54, 1.807) is 6.08 Å². The van der Waals surface area contributed by atoms with Crippen LogP contribution >= 0.6 is 0 Å². The monoisotopic (exact) mass is 274 g/mol. The molecular weight excluding hydrogens is 252 g/mol. The first-order valence-electron chi connectivity index (χ1n) is 6.43. The Morgan fingerprint density at radius 1 is 1.05 bits per heavy atom. The molecule has 0 saturated carbocycles. The molecular formula is C13H22O6.